The lowest BCUT2D eigenvalue weighted by molar-refractivity contribution is 0.275. The molecule has 66 valence electrons. The maximum Gasteiger partial charge on any atom is -0.0111 e. The molecule has 0 heteroatoms. The Morgan fingerprint density at radius 3 is 2.83 bits per heavy atom. The van der Waals surface area contributed by atoms with Crippen LogP contribution in [0.25, 0.3) is 0 Å². The molecular formula is C12H18. The Balaban J connectivity index is 2.34. The molecule has 0 heterocycles. The van der Waals surface area contributed by atoms with Crippen LogP contribution in [0.5, 0.6) is 0 Å². The lowest BCUT2D eigenvalue weighted by Crippen LogP contribution is -2.18. The second-order valence-corrected chi connectivity index (χ2v) is 4.98. The van der Waals surface area contributed by atoms with Crippen molar-refractivity contribution in [2.75, 3.05) is 0 Å². The fourth-order valence-corrected chi connectivity index (χ4v) is 2.97. The zero-order valence-corrected chi connectivity index (χ0v) is 8.30. The maximum atomic E-state index is 2.41. The Kier molecular flexibility index (Phi) is 1.67. The largest absolute Gasteiger partial charge is 0.0839 e. The van der Waals surface area contributed by atoms with Crippen LogP contribution in [-0.2, 0) is 0 Å². The summed E-state index contributed by atoms with van der Waals surface area (Å²) in [5.74, 6) is 1.65. The summed E-state index contributed by atoms with van der Waals surface area (Å²) in [7, 11) is 0. The Morgan fingerprint density at radius 1 is 1.42 bits per heavy atom. The highest BCUT2D eigenvalue weighted by Gasteiger charge is 2.41. The van der Waals surface area contributed by atoms with Crippen molar-refractivity contribution in [2.45, 2.75) is 33.6 Å². The van der Waals surface area contributed by atoms with Crippen molar-refractivity contribution >= 4 is 0 Å². The maximum absolute atomic E-state index is 2.41. The molecule has 2 rings (SSSR count). The summed E-state index contributed by atoms with van der Waals surface area (Å²) >= 11 is 0. The quantitative estimate of drug-likeness (QED) is 0.511. The molecular weight excluding hydrogens is 144 g/mol. The zero-order valence-electron chi connectivity index (χ0n) is 8.30. The highest BCUT2D eigenvalue weighted by Crippen LogP contribution is 2.52. The second-order valence-electron chi connectivity index (χ2n) is 4.98. The van der Waals surface area contributed by atoms with E-state index in [0.717, 1.165) is 11.8 Å². The van der Waals surface area contributed by atoms with E-state index in [9.17, 15) is 0 Å². The Labute approximate surface area is 75.4 Å². The molecule has 1 fully saturated rings. The van der Waals surface area contributed by atoms with Crippen molar-refractivity contribution in [1.82, 2.24) is 0 Å². The van der Waals surface area contributed by atoms with Crippen molar-refractivity contribution in [2.24, 2.45) is 17.3 Å². The van der Waals surface area contributed by atoms with Gasteiger partial charge in [-0.2, -0.15) is 0 Å². The van der Waals surface area contributed by atoms with Gasteiger partial charge in [-0.1, -0.05) is 44.6 Å². The SMILES string of the molecule is CC1CC(C)(C)C2CC=CC=C12. The van der Waals surface area contributed by atoms with Gasteiger partial charge in [-0.05, 0) is 30.1 Å². The number of rotatable bonds is 0. The summed E-state index contributed by atoms with van der Waals surface area (Å²) in [5.41, 5.74) is 2.23. The van der Waals surface area contributed by atoms with E-state index in [0.29, 0.717) is 5.41 Å². The van der Waals surface area contributed by atoms with Gasteiger partial charge in [-0.15, -0.1) is 0 Å². The van der Waals surface area contributed by atoms with E-state index in [4.69, 9.17) is 0 Å². The van der Waals surface area contributed by atoms with Gasteiger partial charge < -0.3 is 0 Å². The summed E-state index contributed by atoms with van der Waals surface area (Å²) < 4.78 is 0. The van der Waals surface area contributed by atoms with E-state index in [-0.39, 0.29) is 0 Å². The monoisotopic (exact) mass is 162 g/mol. The molecule has 2 aliphatic rings. The fourth-order valence-electron chi connectivity index (χ4n) is 2.97. The molecule has 0 aromatic rings. The van der Waals surface area contributed by atoms with Gasteiger partial charge in [0.25, 0.3) is 0 Å². The van der Waals surface area contributed by atoms with E-state index in [2.05, 4.69) is 39.0 Å². The van der Waals surface area contributed by atoms with Crippen molar-refractivity contribution in [1.29, 1.82) is 0 Å². The zero-order chi connectivity index (χ0) is 8.77. The van der Waals surface area contributed by atoms with Crippen LogP contribution in [0.2, 0.25) is 0 Å². The number of allylic oxidation sites excluding steroid dienone is 4. The van der Waals surface area contributed by atoms with Gasteiger partial charge in [0.1, 0.15) is 0 Å². The standard InChI is InChI=1S/C12H18/c1-9-8-12(2,3)11-7-5-4-6-10(9)11/h4-6,9,11H,7-8H2,1-3H3. The van der Waals surface area contributed by atoms with Gasteiger partial charge in [0.05, 0.1) is 0 Å². The summed E-state index contributed by atoms with van der Waals surface area (Å²) in [4.78, 5) is 0. The molecule has 0 nitrogen and oxygen atoms in total. The number of fused-ring (bicyclic) bond motifs is 1. The average Bonchev–Trinajstić information content (AvgIpc) is 2.25. The third kappa shape index (κ3) is 1.05. The average molecular weight is 162 g/mol. The first-order valence-corrected chi connectivity index (χ1v) is 4.98. The van der Waals surface area contributed by atoms with E-state index >= 15 is 0 Å². The Bertz CT molecular complexity index is 243. The summed E-state index contributed by atoms with van der Waals surface area (Å²) in [6.07, 6.45) is 9.51. The van der Waals surface area contributed by atoms with Gasteiger partial charge in [-0.25, -0.2) is 0 Å². The first-order chi connectivity index (χ1) is 5.61. The molecule has 0 N–H and O–H groups in total. The second kappa shape index (κ2) is 2.48. The fraction of sp³-hybridized carbons (Fsp3) is 0.667. The first-order valence-electron chi connectivity index (χ1n) is 4.98. The molecule has 0 aliphatic heterocycles. The van der Waals surface area contributed by atoms with Crippen LogP contribution in [0, 0.1) is 17.3 Å². The van der Waals surface area contributed by atoms with Crippen LogP contribution in [-0.4, -0.2) is 0 Å². The smallest absolute Gasteiger partial charge is 0.0111 e. The van der Waals surface area contributed by atoms with Crippen molar-refractivity contribution in [3.8, 4) is 0 Å². The number of hydrogen-bond donors (Lipinski definition) is 0. The Hall–Kier alpha value is -0.520. The highest BCUT2D eigenvalue weighted by atomic mass is 14.5. The summed E-state index contributed by atoms with van der Waals surface area (Å²) in [6, 6.07) is 0. The van der Waals surface area contributed by atoms with Gasteiger partial charge >= 0.3 is 0 Å². The predicted molar refractivity (Wildman–Crippen MR) is 52.9 cm³/mol. The molecule has 0 radical (unpaired) electrons. The summed E-state index contributed by atoms with van der Waals surface area (Å²) in [5, 5.41) is 0. The molecule has 1 saturated carbocycles. The molecule has 0 spiro atoms. The first kappa shape index (κ1) is 8.10. The molecule has 2 aliphatic carbocycles. The molecule has 0 amide bonds. The number of hydrogen-bond acceptors (Lipinski definition) is 0. The van der Waals surface area contributed by atoms with Crippen molar-refractivity contribution < 1.29 is 0 Å². The summed E-state index contributed by atoms with van der Waals surface area (Å²) in [6.45, 7) is 7.19. The lowest BCUT2D eigenvalue weighted by Gasteiger charge is -2.27. The van der Waals surface area contributed by atoms with Gasteiger partial charge in [0, 0.05) is 0 Å². The van der Waals surface area contributed by atoms with Crippen molar-refractivity contribution in [3.05, 3.63) is 23.8 Å². The Morgan fingerprint density at radius 2 is 2.17 bits per heavy atom. The van der Waals surface area contributed by atoms with E-state index in [1.165, 1.54) is 12.8 Å². The van der Waals surface area contributed by atoms with Crippen molar-refractivity contribution in [3.63, 3.8) is 0 Å². The van der Waals surface area contributed by atoms with E-state index in [1.54, 1.807) is 5.57 Å². The van der Waals surface area contributed by atoms with Gasteiger partial charge in [-0.3, -0.25) is 0 Å². The van der Waals surface area contributed by atoms with Crippen LogP contribution in [0.15, 0.2) is 23.8 Å². The topological polar surface area (TPSA) is 0 Å². The van der Waals surface area contributed by atoms with Crippen LogP contribution < -0.4 is 0 Å². The van der Waals surface area contributed by atoms with Crippen LogP contribution >= 0.6 is 0 Å². The molecule has 2 atom stereocenters. The minimum atomic E-state index is 0.538. The van der Waals surface area contributed by atoms with Gasteiger partial charge in [0.15, 0.2) is 0 Å². The predicted octanol–water partition coefficient (Wildman–Crippen LogP) is 3.55. The molecule has 0 aromatic heterocycles. The third-order valence-corrected chi connectivity index (χ3v) is 3.54. The van der Waals surface area contributed by atoms with Gasteiger partial charge in [0.2, 0.25) is 0 Å². The van der Waals surface area contributed by atoms with Crippen LogP contribution in [0.3, 0.4) is 0 Å². The van der Waals surface area contributed by atoms with Crippen LogP contribution in [0.1, 0.15) is 33.6 Å². The van der Waals surface area contributed by atoms with E-state index in [1.807, 2.05) is 0 Å². The molecule has 12 heavy (non-hydrogen) atoms. The lowest BCUT2D eigenvalue weighted by atomic mass is 9.77. The molecule has 2 unspecified atom stereocenters. The normalized spacial score (nSPS) is 37.8. The highest BCUT2D eigenvalue weighted by molar-refractivity contribution is 5.28. The minimum absolute atomic E-state index is 0.538. The van der Waals surface area contributed by atoms with E-state index < -0.39 is 0 Å². The molecule has 0 bridgehead atoms. The third-order valence-electron chi connectivity index (χ3n) is 3.54. The minimum Gasteiger partial charge on any atom is -0.0839 e. The van der Waals surface area contributed by atoms with Crippen LogP contribution in [0.4, 0.5) is 0 Å². The molecule has 0 aromatic carbocycles. The molecule has 0 saturated heterocycles.